The Morgan fingerprint density at radius 2 is 2.00 bits per heavy atom. The summed E-state index contributed by atoms with van der Waals surface area (Å²) in [5, 5.41) is 9.56. The van der Waals surface area contributed by atoms with Crippen molar-refractivity contribution in [3.63, 3.8) is 0 Å². The first-order valence-corrected chi connectivity index (χ1v) is 5.31. The molecule has 0 aromatic heterocycles. The van der Waals surface area contributed by atoms with E-state index in [9.17, 15) is 5.11 Å². The van der Waals surface area contributed by atoms with Gasteiger partial charge in [-0.3, -0.25) is 0 Å². The summed E-state index contributed by atoms with van der Waals surface area (Å²) < 4.78 is 5.63. The van der Waals surface area contributed by atoms with E-state index in [1.807, 2.05) is 0 Å². The summed E-state index contributed by atoms with van der Waals surface area (Å²) in [5.41, 5.74) is -0.0381. The molecule has 0 aliphatic heterocycles. The van der Waals surface area contributed by atoms with Crippen LogP contribution in [-0.4, -0.2) is 23.4 Å². The van der Waals surface area contributed by atoms with E-state index >= 15 is 0 Å². The van der Waals surface area contributed by atoms with Crippen LogP contribution in [0, 0.1) is 5.92 Å². The van der Waals surface area contributed by atoms with Crippen LogP contribution >= 0.6 is 0 Å². The molecule has 78 valence electrons. The summed E-state index contributed by atoms with van der Waals surface area (Å²) in [5.74, 6) is 0.488. The molecule has 13 heavy (non-hydrogen) atoms. The summed E-state index contributed by atoms with van der Waals surface area (Å²) in [6, 6.07) is 0. The Morgan fingerprint density at radius 1 is 1.31 bits per heavy atom. The maximum atomic E-state index is 9.56. The third-order valence-electron chi connectivity index (χ3n) is 2.64. The number of ether oxygens (including phenoxy) is 1. The largest absolute Gasteiger partial charge is 0.393 e. The smallest absolute Gasteiger partial charge is 0.0598 e. The average Bonchev–Trinajstić information content (AvgIpc) is 2.34. The Bertz CT molecular complexity index is 149. The zero-order chi connectivity index (χ0) is 9.90. The lowest BCUT2D eigenvalue weighted by atomic mass is 10.0. The van der Waals surface area contributed by atoms with Gasteiger partial charge in [-0.2, -0.15) is 0 Å². The van der Waals surface area contributed by atoms with Crippen LogP contribution in [0.4, 0.5) is 0 Å². The van der Waals surface area contributed by atoms with Gasteiger partial charge in [0.2, 0.25) is 0 Å². The highest BCUT2D eigenvalue weighted by atomic mass is 16.5. The zero-order valence-corrected chi connectivity index (χ0v) is 9.05. The highest BCUT2D eigenvalue weighted by molar-refractivity contribution is 4.76. The van der Waals surface area contributed by atoms with E-state index in [4.69, 9.17) is 4.74 Å². The van der Waals surface area contributed by atoms with E-state index in [2.05, 4.69) is 20.8 Å². The van der Waals surface area contributed by atoms with E-state index in [1.165, 1.54) is 12.8 Å². The van der Waals surface area contributed by atoms with E-state index in [-0.39, 0.29) is 11.7 Å². The second-order valence-corrected chi connectivity index (χ2v) is 5.01. The predicted molar refractivity (Wildman–Crippen MR) is 53.7 cm³/mol. The first kappa shape index (κ1) is 11.0. The fourth-order valence-corrected chi connectivity index (χ4v) is 1.87. The highest BCUT2D eigenvalue weighted by Crippen LogP contribution is 2.28. The second kappa shape index (κ2) is 4.43. The predicted octanol–water partition coefficient (Wildman–Crippen LogP) is 2.35. The minimum Gasteiger partial charge on any atom is -0.393 e. The topological polar surface area (TPSA) is 29.5 Å². The fraction of sp³-hybridized carbons (Fsp3) is 1.00. The Balaban J connectivity index is 2.12. The van der Waals surface area contributed by atoms with Crippen LogP contribution in [-0.2, 0) is 4.74 Å². The van der Waals surface area contributed by atoms with Gasteiger partial charge in [0, 0.05) is 6.61 Å². The minimum absolute atomic E-state index is 0.0381. The molecule has 2 nitrogen and oxygen atoms in total. The third kappa shape index (κ3) is 4.10. The molecule has 0 bridgehead atoms. The first-order chi connectivity index (χ1) is 5.99. The van der Waals surface area contributed by atoms with Crippen molar-refractivity contribution in [1.29, 1.82) is 0 Å². The normalized spacial score (nSPS) is 29.5. The van der Waals surface area contributed by atoms with Gasteiger partial charge in [0.05, 0.1) is 11.7 Å². The molecule has 0 heterocycles. The van der Waals surface area contributed by atoms with Crippen molar-refractivity contribution in [3.8, 4) is 0 Å². The van der Waals surface area contributed by atoms with Gasteiger partial charge < -0.3 is 9.84 Å². The molecule has 0 aromatic rings. The molecule has 1 N–H and O–H groups in total. The maximum Gasteiger partial charge on any atom is 0.0598 e. The lowest BCUT2D eigenvalue weighted by Gasteiger charge is -2.21. The van der Waals surface area contributed by atoms with Crippen molar-refractivity contribution in [2.75, 3.05) is 6.61 Å². The van der Waals surface area contributed by atoms with Crippen LogP contribution in [0.25, 0.3) is 0 Å². The fourth-order valence-electron chi connectivity index (χ4n) is 1.87. The van der Waals surface area contributed by atoms with Crippen LogP contribution in [0.1, 0.15) is 46.5 Å². The van der Waals surface area contributed by atoms with Crippen LogP contribution in [0.15, 0.2) is 0 Å². The summed E-state index contributed by atoms with van der Waals surface area (Å²) in [7, 11) is 0. The van der Waals surface area contributed by atoms with Crippen LogP contribution in [0.3, 0.4) is 0 Å². The van der Waals surface area contributed by atoms with Gasteiger partial charge in [0.15, 0.2) is 0 Å². The molecule has 0 spiro atoms. The molecule has 0 radical (unpaired) electrons. The van der Waals surface area contributed by atoms with Crippen LogP contribution < -0.4 is 0 Å². The number of aliphatic hydroxyl groups is 1. The van der Waals surface area contributed by atoms with E-state index in [0.717, 1.165) is 19.4 Å². The molecule has 1 aliphatic carbocycles. The number of rotatable bonds is 3. The van der Waals surface area contributed by atoms with Crippen LogP contribution in [0.2, 0.25) is 0 Å². The van der Waals surface area contributed by atoms with Crippen molar-refractivity contribution >= 4 is 0 Å². The molecule has 2 heteroatoms. The van der Waals surface area contributed by atoms with Gasteiger partial charge in [-0.1, -0.05) is 6.42 Å². The molecule has 0 saturated heterocycles. The molecule has 2 unspecified atom stereocenters. The van der Waals surface area contributed by atoms with Crippen LogP contribution in [0.5, 0.6) is 0 Å². The second-order valence-electron chi connectivity index (χ2n) is 5.01. The standard InChI is InChI=1S/C11H22O2/c1-11(2,3)13-8-7-9-5-4-6-10(9)12/h9-10,12H,4-8H2,1-3H3. The van der Waals surface area contributed by atoms with Crippen molar-refractivity contribution in [3.05, 3.63) is 0 Å². The van der Waals surface area contributed by atoms with Crippen molar-refractivity contribution in [2.24, 2.45) is 5.92 Å². The molecule has 0 amide bonds. The van der Waals surface area contributed by atoms with Gasteiger partial charge in [-0.05, 0) is 46.0 Å². The molecule has 2 atom stereocenters. The zero-order valence-electron chi connectivity index (χ0n) is 9.05. The molecule has 1 fully saturated rings. The molecule has 1 rings (SSSR count). The van der Waals surface area contributed by atoms with Gasteiger partial charge in [-0.25, -0.2) is 0 Å². The van der Waals surface area contributed by atoms with Crippen molar-refractivity contribution in [1.82, 2.24) is 0 Å². The Morgan fingerprint density at radius 3 is 2.46 bits per heavy atom. The van der Waals surface area contributed by atoms with Gasteiger partial charge in [0.1, 0.15) is 0 Å². The number of hydrogen-bond donors (Lipinski definition) is 1. The van der Waals surface area contributed by atoms with Crippen molar-refractivity contribution in [2.45, 2.75) is 58.2 Å². The lowest BCUT2D eigenvalue weighted by molar-refractivity contribution is -0.0158. The quantitative estimate of drug-likeness (QED) is 0.733. The van der Waals surface area contributed by atoms with Gasteiger partial charge in [-0.15, -0.1) is 0 Å². The summed E-state index contributed by atoms with van der Waals surface area (Å²) in [4.78, 5) is 0. The van der Waals surface area contributed by atoms with Crippen molar-refractivity contribution < 1.29 is 9.84 Å². The summed E-state index contributed by atoms with van der Waals surface area (Å²) in [6.45, 7) is 6.99. The van der Waals surface area contributed by atoms with E-state index in [0.29, 0.717) is 5.92 Å². The highest BCUT2D eigenvalue weighted by Gasteiger charge is 2.25. The molecule has 1 saturated carbocycles. The van der Waals surface area contributed by atoms with Gasteiger partial charge >= 0.3 is 0 Å². The number of aliphatic hydroxyl groups excluding tert-OH is 1. The Hall–Kier alpha value is -0.0800. The third-order valence-corrected chi connectivity index (χ3v) is 2.64. The Labute approximate surface area is 81.3 Å². The summed E-state index contributed by atoms with van der Waals surface area (Å²) >= 11 is 0. The summed E-state index contributed by atoms with van der Waals surface area (Å²) in [6.07, 6.45) is 4.29. The molecule has 0 aromatic carbocycles. The Kier molecular flexibility index (Phi) is 3.74. The molecular formula is C11H22O2. The lowest BCUT2D eigenvalue weighted by Crippen LogP contribution is -2.22. The monoisotopic (exact) mass is 186 g/mol. The minimum atomic E-state index is -0.0661. The van der Waals surface area contributed by atoms with E-state index < -0.39 is 0 Å². The molecule has 1 aliphatic rings. The molecular weight excluding hydrogens is 164 g/mol. The first-order valence-electron chi connectivity index (χ1n) is 5.31. The maximum absolute atomic E-state index is 9.56. The SMILES string of the molecule is CC(C)(C)OCCC1CCCC1O. The average molecular weight is 186 g/mol. The van der Waals surface area contributed by atoms with Gasteiger partial charge in [0.25, 0.3) is 0 Å². The van der Waals surface area contributed by atoms with E-state index in [1.54, 1.807) is 0 Å². The number of hydrogen-bond acceptors (Lipinski definition) is 2.